The van der Waals surface area contributed by atoms with Crippen LogP contribution in [0.15, 0.2) is 58.6 Å². The lowest BCUT2D eigenvalue weighted by atomic mass is 9.98. The van der Waals surface area contributed by atoms with Gasteiger partial charge in [-0.15, -0.1) is 23.5 Å². The van der Waals surface area contributed by atoms with Gasteiger partial charge in [0.05, 0.1) is 11.4 Å². The van der Waals surface area contributed by atoms with Gasteiger partial charge in [0.2, 0.25) is 5.91 Å². The number of hydrogen-bond acceptors (Lipinski definition) is 4. The number of carbonyl (C=O) groups excluding carboxylic acids is 1. The van der Waals surface area contributed by atoms with Crippen LogP contribution in [0.25, 0.3) is 0 Å². The van der Waals surface area contributed by atoms with E-state index in [4.69, 9.17) is 0 Å². The number of aromatic nitrogens is 1. The molecule has 1 saturated heterocycles. The van der Waals surface area contributed by atoms with Gasteiger partial charge >= 0.3 is 0 Å². The summed E-state index contributed by atoms with van der Waals surface area (Å²) in [6, 6.07) is 14.5. The van der Waals surface area contributed by atoms with Crippen molar-refractivity contribution in [2.24, 2.45) is 5.92 Å². The van der Waals surface area contributed by atoms with E-state index in [0.717, 1.165) is 42.3 Å². The first-order valence-electron chi connectivity index (χ1n) is 9.67. The Morgan fingerprint density at radius 3 is 2.52 bits per heavy atom. The van der Waals surface area contributed by atoms with Gasteiger partial charge in [0, 0.05) is 35.2 Å². The molecule has 1 aromatic heterocycles. The van der Waals surface area contributed by atoms with Crippen molar-refractivity contribution in [2.75, 3.05) is 18.8 Å². The lowest BCUT2D eigenvalue weighted by Gasteiger charge is -2.32. The van der Waals surface area contributed by atoms with Crippen molar-refractivity contribution in [1.29, 1.82) is 0 Å². The Hall–Kier alpha value is -1.46. The molecule has 0 spiro atoms. The zero-order valence-electron chi connectivity index (χ0n) is 16.1. The van der Waals surface area contributed by atoms with Gasteiger partial charge in [0.1, 0.15) is 0 Å². The number of pyridine rings is 1. The molecule has 0 aliphatic carbocycles. The molecule has 0 bridgehead atoms. The molecule has 2 aromatic rings. The van der Waals surface area contributed by atoms with Crippen LogP contribution in [0, 0.1) is 5.92 Å². The molecule has 0 radical (unpaired) electrons. The van der Waals surface area contributed by atoms with E-state index in [1.54, 1.807) is 0 Å². The van der Waals surface area contributed by atoms with Gasteiger partial charge in [0.15, 0.2) is 0 Å². The standard InChI is InChI=1S/C22H28N2OS2/c1-17(2)27-20-8-6-18(7-9-20)15-22(25)24-13-10-19(11-14-24)16-26-21-5-3-4-12-23-21/h3-9,12,17,19H,10-11,13-16H2,1-2H3. The van der Waals surface area contributed by atoms with Crippen molar-refractivity contribution in [3.05, 3.63) is 54.2 Å². The Morgan fingerprint density at radius 2 is 1.89 bits per heavy atom. The Balaban J connectivity index is 1.41. The Labute approximate surface area is 171 Å². The second-order valence-electron chi connectivity index (χ2n) is 7.29. The van der Waals surface area contributed by atoms with E-state index in [1.807, 2.05) is 46.8 Å². The van der Waals surface area contributed by atoms with Crippen molar-refractivity contribution in [3.63, 3.8) is 0 Å². The summed E-state index contributed by atoms with van der Waals surface area (Å²) in [5.74, 6) is 2.03. The highest BCUT2D eigenvalue weighted by atomic mass is 32.2. The molecule has 1 aromatic carbocycles. The molecule has 1 aliphatic rings. The van der Waals surface area contributed by atoms with Crippen molar-refractivity contribution in [1.82, 2.24) is 9.88 Å². The number of nitrogens with zero attached hydrogens (tertiary/aromatic N) is 2. The zero-order chi connectivity index (χ0) is 19.1. The average molecular weight is 401 g/mol. The highest BCUT2D eigenvalue weighted by molar-refractivity contribution is 8.00. The summed E-state index contributed by atoms with van der Waals surface area (Å²) in [5.41, 5.74) is 1.11. The average Bonchev–Trinajstić information content (AvgIpc) is 2.69. The molecule has 1 aliphatic heterocycles. The smallest absolute Gasteiger partial charge is 0.226 e. The lowest BCUT2D eigenvalue weighted by molar-refractivity contribution is -0.131. The van der Waals surface area contributed by atoms with Gasteiger partial charge < -0.3 is 4.90 Å². The predicted molar refractivity (Wildman–Crippen MR) is 115 cm³/mol. The van der Waals surface area contributed by atoms with Crippen molar-refractivity contribution < 1.29 is 4.79 Å². The maximum absolute atomic E-state index is 12.6. The first-order chi connectivity index (χ1) is 13.1. The monoisotopic (exact) mass is 400 g/mol. The number of hydrogen-bond donors (Lipinski definition) is 0. The first-order valence-corrected chi connectivity index (χ1v) is 11.5. The topological polar surface area (TPSA) is 33.2 Å². The van der Waals surface area contributed by atoms with Gasteiger partial charge in [-0.1, -0.05) is 32.0 Å². The van der Waals surface area contributed by atoms with Crippen LogP contribution in [-0.2, 0) is 11.2 Å². The molecule has 0 N–H and O–H groups in total. The third-order valence-electron chi connectivity index (χ3n) is 4.72. The highest BCUT2D eigenvalue weighted by Gasteiger charge is 2.23. The second-order valence-corrected chi connectivity index (χ2v) is 9.98. The molecule has 2 heterocycles. The quantitative estimate of drug-likeness (QED) is 0.602. The van der Waals surface area contributed by atoms with E-state index < -0.39 is 0 Å². The predicted octanol–water partition coefficient (Wildman–Crippen LogP) is 5.16. The van der Waals surface area contributed by atoms with E-state index in [2.05, 4.69) is 49.2 Å². The molecule has 0 saturated carbocycles. The van der Waals surface area contributed by atoms with E-state index in [9.17, 15) is 4.79 Å². The molecule has 1 amide bonds. The second kappa shape index (κ2) is 10.2. The van der Waals surface area contributed by atoms with Gasteiger partial charge in [-0.2, -0.15) is 0 Å². The SMILES string of the molecule is CC(C)Sc1ccc(CC(=O)N2CCC(CSc3ccccn3)CC2)cc1. The zero-order valence-corrected chi connectivity index (χ0v) is 17.8. The molecule has 27 heavy (non-hydrogen) atoms. The summed E-state index contributed by atoms with van der Waals surface area (Å²) in [6.45, 7) is 6.16. The normalized spacial score (nSPS) is 15.3. The lowest BCUT2D eigenvalue weighted by Crippen LogP contribution is -2.39. The van der Waals surface area contributed by atoms with E-state index >= 15 is 0 Å². The van der Waals surface area contributed by atoms with Gasteiger partial charge in [-0.05, 0) is 48.6 Å². The summed E-state index contributed by atoms with van der Waals surface area (Å²) >= 11 is 3.68. The van der Waals surface area contributed by atoms with Crippen LogP contribution in [0.1, 0.15) is 32.3 Å². The molecule has 3 rings (SSSR count). The number of benzene rings is 1. The first kappa shape index (κ1) is 20.3. The fourth-order valence-electron chi connectivity index (χ4n) is 3.23. The number of carbonyl (C=O) groups is 1. The highest BCUT2D eigenvalue weighted by Crippen LogP contribution is 2.26. The third-order valence-corrected chi connectivity index (χ3v) is 6.91. The number of likely N-dealkylation sites (tertiary alicyclic amines) is 1. The largest absolute Gasteiger partial charge is 0.342 e. The Bertz CT molecular complexity index is 711. The van der Waals surface area contributed by atoms with Crippen molar-refractivity contribution in [3.8, 4) is 0 Å². The molecular formula is C22H28N2OS2. The maximum atomic E-state index is 12.6. The third kappa shape index (κ3) is 6.58. The molecule has 144 valence electrons. The van der Waals surface area contributed by atoms with Crippen LogP contribution in [0.4, 0.5) is 0 Å². The number of rotatable bonds is 7. The number of piperidine rings is 1. The molecule has 0 unspecified atom stereocenters. The fourth-order valence-corrected chi connectivity index (χ4v) is 5.12. The van der Waals surface area contributed by atoms with Gasteiger partial charge in [0.25, 0.3) is 0 Å². The summed E-state index contributed by atoms with van der Waals surface area (Å²) in [7, 11) is 0. The van der Waals surface area contributed by atoms with Crippen LogP contribution in [0.3, 0.4) is 0 Å². The van der Waals surface area contributed by atoms with E-state index in [-0.39, 0.29) is 5.91 Å². The van der Waals surface area contributed by atoms with E-state index in [1.165, 1.54) is 4.90 Å². The van der Waals surface area contributed by atoms with Crippen LogP contribution in [-0.4, -0.2) is 39.9 Å². The Kier molecular flexibility index (Phi) is 7.65. The minimum Gasteiger partial charge on any atom is -0.342 e. The van der Waals surface area contributed by atoms with E-state index in [0.29, 0.717) is 17.6 Å². The van der Waals surface area contributed by atoms with Gasteiger partial charge in [-0.3, -0.25) is 4.79 Å². The molecular weight excluding hydrogens is 372 g/mol. The fraction of sp³-hybridized carbons (Fsp3) is 0.455. The summed E-state index contributed by atoms with van der Waals surface area (Å²) < 4.78 is 0. The summed E-state index contributed by atoms with van der Waals surface area (Å²) in [5, 5.41) is 1.67. The summed E-state index contributed by atoms with van der Waals surface area (Å²) in [6.07, 6.45) is 4.54. The van der Waals surface area contributed by atoms with Crippen molar-refractivity contribution in [2.45, 2.75) is 48.3 Å². The number of amides is 1. The molecule has 1 fully saturated rings. The minimum absolute atomic E-state index is 0.259. The van der Waals surface area contributed by atoms with Crippen LogP contribution in [0.5, 0.6) is 0 Å². The van der Waals surface area contributed by atoms with Crippen LogP contribution in [0.2, 0.25) is 0 Å². The number of thioether (sulfide) groups is 2. The molecule has 0 atom stereocenters. The summed E-state index contributed by atoms with van der Waals surface area (Å²) in [4.78, 5) is 20.3. The maximum Gasteiger partial charge on any atom is 0.226 e. The van der Waals surface area contributed by atoms with Crippen molar-refractivity contribution >= 4 is 29.4 Å². The van der Waals surface area contributed by atoms with Gasteiger partial charge in [-0.25, -0.2) is 4.98 Å². The minimum atomic E-state index is 0.259. The van der Waals surface area contributed by atoms with Crippen LogP contribution < -0.4 is 0 Å². The molecule has 5 heteroatoms. The Morgan fingerprint density at radius 1 is 1.15 bits per heavy atom. The van der Waals surface area contributed by atoms with Crippen LogP contribution >= 0.6 is 23.5 Å². The molecule has 3 nitrogen and oxygen atoms in total.